The van der Waals surface area contributed by atoms with Gasteiger partial charge in [0.05, 0.1) is 10.5 Å². The highest BCUT2D eigenvalue weighted by molar-refractivity contribution is 9.10. The van der Waals surface area contributed by atoms with Crippen LogP contribution in [0.1, 0.15) is 6.92 Å². The first-order chi connectivity index (χ1) is 8.02. The van der Waals surface area contributed by atoms with Crippen molar-refractivity contribution in [2.45, 2.75) is 6.92 Å². The molecule has 3 nitrogen and oxygen atoms in total. The Bertz CT molecular complexity index is 574. The quantitative estimate of drug-likeness (QED) is 0.772. The Balaban J connectivity index is 2.82. The Kier molecular flexibility index (Phi) is 3.76. The standard InChI is InChI=1S/C11H10BrCl2N3/c1-3-17(2)10-7-4-6(12)5-8(13)9(7)15-11(14)16-10/h4-5H,3H2,1-2H3. The van der Waals surface area contributed by atoms with Crippen molar-refractivity contribution in [2.24, 2.45) is 0 Å². The molecule has 0 atom stereocenters. The van der Waals surface area contributed by atoms with Gasteiger partial charge in [0.2, 0.25) is 5.28 Å². The molecule has 1 heterocycles. The van der Waals surface area contributed by atoms with Crippen LogP contribution in [0.25, 0.3) is 10.9 Å². The smallest absolute Gasteiger partial charge is 0.224 e. The second kappa shape index (κ2) is 4.96. The van der Waals surface area contributed by atoms with Crippen LogP contribution in [-0.4, -0.2) is 23.6 Å². The van der Waals surface area contributed by atoms with E-state index in [9.17, 15) is 0 Å². The molecule has 0 amide bonds. The lowest BCUT2D eigenvalue weighted by atomic mass is 10.2. The van der Waals surface area contributed by atoms with Gasteiger partial charge in [0.1, 0.15) is 5.82 Å². The van der Waals surface area contributed by atoms with Gasteiger partial charge in [0.25, 0.3) is 0 Å². The average molecular weight is 335 g/mol. The van der Waals surface area contributed by atoms with Crippen LogP contribution in [0.5, 0.6) is 0 Å². The van der Waals surface area contributed by atoms with Crippen molar-refractivity contribution in [1.29, 1.82) is 0 Å². The number of nitrogens with zero attached hydrogens (tertiary/aromatic N) is 3. The van der Waals surface area contributed by atoms with Gasteiger partial charge in [-0.05, 0) is 30.7 Å². The lowest BCUT2D eigenvalue weighted by Gasteiger charge is -2.18. The summed E-state index contributed by atoms with van der Waals surface area (Å²) in [5.74, 6) is 0.783. The third-order valence-electron chi connectivity index (χ3n) is 2.51. The number of anilines is 1. The van der Waals surface area contributed by atoms with E-state index in [-0.39, 0.29) is 5.28 Å². The molecular formula is C11H10BrCl2N3. The van der Waals surface area contributed by atoms with Gasteiger partial charge in [-0.1, -0.05) is 27.5 Å². The van der Waals surface area contributed by atoms with Crippen LogP contribution in [0.15, 0.2) is 16.6 Å². The summed E-state index contributed by atoms with van der Waals surface area (Å²) in [6.45, 7) is 2.87. The summed E-state index contributed by atoms with van der Waals surface area (Å²) in [6.07, 6.45) is 0. The lowest BCUT2D eigenvalue weighted by Crippen LogP contribution is -2.18. The minimum Gasteiger partial charge on any atom is -0.359 e. The van der Waals surface area contributed by atoms with E-state index in [4.69, 9.17) is 23.2 Å². The lowest BCUT2D eigenvalue weighted by molar-refractivity contribution is 0.940. The third-order valence-corrected chi connectivity index (χ3v) is 3.42. The second-order valence-electron chi connectivity index (χ2n) is 3.61. The second-order valence-corrected chi connectivity index (χ2v) is 5.28. The van der Waals surface area contributed by atoms with E-state index in [1.807, 2.05) is 24.9 Å². The maximum atomic E-state index is 6.16. The van der Waals surface area contributed by atoms with Crippen molar-refractivity contribution in [2.75, 3.05) is 18.5 Å². The van der Waals surface area contributed by atoms with E-state index in [2.05, 4.69) is 25.9 Å². The molecule has 0 radical (unpaired) electrons. The highest BCUT2D eigenvalue weighted by Crippen LogP contribution is 2.32. The zero-order chi connectivity index (χ0) is 12.6. The molecule has 0 aliphatic carbocycles. The predicted octanol–water partition coefficient (Wildman–Crippen LogP) is 4.16. The predicted molar refractivity (Wildman–Crippen MR) is 76.2 cm³/mol. The molecule has 1 aromatic carbocycles. The monoisotopic (exact) mass is 333 g/mol. The van der Waals surface area contributed by atoms with Crippen molar-refractivity contribution in [3.63, 3.8) is 0 Å². The van der Waals surface area contributed by atoms with Crippen LogP contribution < -0.4 is 4.90 Å². The topological polar surface area (TPSA) is 29.0 Å². The minimum atomic E-state index is 0.206. The highest BCUT2D eigenvalue weighted by atomic mass is 79.9. The average Bonchev–Trinajstić information content (AvgIpc) is 2.28. The molecule has 2 rings (SSSR count). The Hall–Kier alpha value is -0.580. The molecule has 0 aliphatic rings. The van der Waals surface area contributed by atoms with Crippen LogP contribution in [0.2, 0.25) is 10.3 Å². The van der Waals surface area contributed by atoms with E-state index in [0.29, 0.717) is 10.5 Å². The summed E-state index contributed by atoms with van der Waals surface area (Å²) < 4.78 is 0.895. The molecule has 90 valence electrons. The van der Waals surface area contributed by atoms with E-state index in [1.54, 1.807) is 6.07 Å². The molecule has 0 unspecified atom stereocenters. The van der Waals surface area contributed by atoms with E-state index in [1.165, 1.54) is 0 Å². The number of halogens is 3. The van der Waals surface area contributed by atoms with Gasteiger partial charge in [-0.2, -0.15) is 4.98 Å². The molecule has 0 saturated carbocycles. The van der Waals surface area contributed by atoms with Crippen molar-refractivity contribution >= 4 is 55.9 Å². The number of rotatable bonds is 2. The molecule has 0 fully saturated rings. The molecule has 0 aliphatic heterocycles. The molecule has 0 spiro atoms. The molecule has 0 N–H and O–H groups in total. The summed E-state index contributed by atoms with van der Waals surface area (Å²) >= 11 is 15.5. The number of hydrogen-bond acceptors (Lipinski definition) is 3. The normalized spacial score (nSPS) is 10.9. The first-order valence-electron chi connectivity index (χ1n) is 5.06. The van der Waals surface area contributed by atoms with E-state index in [0.717, 1.165) is 22.2 Å². The number of hydrogen-bond donors (Lipinski definition) is 0. The molecule has 1 aromatic heterocycles. The Morgan fingerprint density at radius 1 is 1.29 bits per heavy atom. The molecule has 0 saturated heterocycles. The Morgan fingerprint density at radius 2 is 2.00 bits per heavy atom. The van der Waals surface area contributed by atoms with Crippen LogP contribution in [0.4, 0.5) is 5.82 Å². The fourth-order valence-corrected chi connectivity index (χ4v) is 2.57. The first kappa shape index (κ1) is 12.9. The summed E-state index contributed by atoms with van der Waals surface area (Å²) in [6, 6.07) is 3.74. The van der Waals surface area contributed by atoms with Crippen molar-refractivity contribution < 1.29 is 0 Å². The zero-order valence-corrected chi connectivity index (χ0v) is 12.4. The van der Waals surface area contributed by atoms with Gasteiger partial charge in [-0.25, -0.2) is 4.98 Å². The summed E-state index contributed by atoms with van der Waals surface area (Å²) in [7, 11) is 1.95. The van der Waals surface area contributed by atoms with Crippen LogP contribution in [0.3, 0.4) is 0 Å². The molecule has 6 heteroatoms. The van der Waals surface area contributed by atoms with Gasteiger partial charge < -0.3 is 4.90 Å². The highest BCUT2D eigenvalue weighted by Gasteiger charge is 2.13. The van der Waals surface area contributed by atoms with E-state index < -0.39 is 0 Å². The Morgan fingerprint density at radius 3 is 2.65 bits per heavy atom. The van der Waals surface area contributed by atoms with Crippen molar-refractivity contribution in [3.05, 3.63) is 26.9 Å². The number of aromatic nitrogens is 2. The number of fused-ring (bicyclic) bond motifs is 1. The van der Waals surface area contributed by atoms with Gasteiger partial charge >= 0.3 is 0 Å². The Labute approximate surface area is 118 Å². The SMILES string of the molecule is CCN(C)c1nc(Cl)nc2c(Cl)cc(Br)cc12. The van der Waals surface area contributed by atoms with Gasteiger partial charge in [0.15, 0.2) is 0 Å². The maximum absolute atomic E-state index is 6.16. The van der Waals surface area contributed by atoms with Gasteiger partial charge in [-0.15, -0.1) is 0 Å². The van der Waals surface area contributed by atoms with Crippen LogP contribution in [-0.2, 0) is 0 Å². The summed E-state index contributed by atoms with van der Waals surface area (Å²) in [5, 5.41) is 1.65. The van der Waals surface area contributed by atoms with Crippen LogP contribution in [0, 0.1) is 0 Å². The largest absolute Gasteiger partial charge is 0.359 e. The fraction of sp³-hybridized carbons (Fsp3) is 0.273. The van der Waals surface area contributed by atoms with Crippen molar-refractivity contribution in [1.82, 2.24) is 9.97 Å². The first-order valence-corrected chi connectivity index (χ1v) is 6.61. The summed E-state index contributed by atoms with van der Waals surface area (Å²) in [5.41, 5.74) is 0.671. The molecule has 0 bridgehead atoms. The van der Waals surface area contributed by atoms with Gasteiger partial charge in [0, 0.05) is 23.5 Å². The minimum absolute atomic E-state index is 0.206. The van der Waals surface area contributed by atoms with Crippen molar-refractivity contribution in [3.8, 4) is 0 Å². The molecule has 17 heavy (non-hydrogen) atoms. The molecule has 2 aromatic rings. The van der Waals surface area contributed by atoms with Crippen LogP contribution >= 0.6 is 39.1 Å². The molecular weight excluding hydrogens is 325 g/mol. The number of benzene rings is 1. The summed E-state index contributed by atoms with van der Waals surface area (Å²) in [4.78, 5) is 10.4. The van der Waals surface area contributed by atoms with Gasteiger partial charge in [-0.3, -0.25) is 0 Å². The maximum Gasteiger partial charge on any atom is 0.224 e. The third kappa shape index (κ3) is 2.49. The fourth-order valence-electron chi connectivity index (χ4n) is 1.56. The van der Waals surface area contributed by atoms with E-state index >= 15 is 0 Å². The zero-order valence-electron chi connectivity index (χ0n) is 9.34.